The van der Waals surface area contributed by atoms with Gasteiger partial charge in [0.15, 0.2) is 0 Å². The second-order valence-electron chi connectivity index (χ2n) is 7.74. The number of hydrogen-bond donors (Lipinski definition) is 0. The molecular formula is C22H27NO2. The van der Waals surface area contributed by atoms with Crippen LogP contribution in [0.2, 0.25) is 0 Å². The van der Waals surface area contributed by atoms with E-state index >= 15 is 0 Å². The van der Waals surface area contributed by atoms with E-state index in [0.717, 1.165) is 19.5 Å². The summed E-state index contributed by atoms with van der Waals surface area (Å²) in [7, 11) is 0. The van der Waals surface area contributed by atoms with Crippen molar-refractivity contribution in [3.63, 3.8) is 0 Å². The number of benzene rings is 2. The minimum Gasteiger partial charge on any atom is -0.460 e. The van der Waals surface area contributed by atoms with Crippen LogP contribution in [0.15, 0.2) is 60.7 Å². The third-order valence-corrected chi connectivity index (χ3v) is 4.58. The van der Waals surface area contributed by atoms with E-state index in [1.165, 1.54) is 11.1 Å². The number of likely N-dealkylation sites (tertiary alicyclic amines) is 1. The molecule has 1 saturated heterocycles. The normalized spacial score (nSPS) is 21.2. The second kappa shape index (κ2) is 7.40. The third kappa shape index (κ3) is 4.49. The zero-order valence-electron chi connectivity index (χ0n) is 15.3. The third-order valence-electron chi connectivity index (χ3n) is 4.58. The van der Waals surface area contributed by atoms with Gasteiger partial charge in [-0.05, 0) is 38.3 Å². The molecule has 0 spiro atoms. The van der Waals surface area contributed by atoms with Gasteiger partial charge in [0.1, 0.15) is 5.60 Å². The van der Waals surface area contributed by atoms with E-state index in [1.807, 2.05) is 45.0 Å². The van der Waals surface area contributed by atoms with Gasteiger partial charge in [0.25, 0.3) is 0 Å². The van der Waals surface area contributed by atoms with E-state index in [2.05, 4.69) is 41.3 Å². The molecule has 0 aliphatic carbocycles. The smallest absolute Gasteiger partial charge is 0.311 e. The van der Waals surface area contributed by atoms with E-state index in [9.17, 15) is 4.79 Å². The molecule has 0 unspecified atom stereocenters. The van der Waals surface area contributed by atoms with E-state index in [0.29, 0.717) is 0 Å². The lowest BCUT2D eigenvalue weighted by atomic mass is 9.93. The lowest BCUT2D eigenvalue weighted by Gasteiger charge is -2.30. The SMILES string of the molecule is CC(C)(C)OC(=O)[C@@H]1CCN(Cc2ccccc2)[C@@H]1c1ccccc1. The summed E-state index contributed by atoms with van der Waals surface area (Å²) in [6.45, 7) is 7.54. The molecule has 2 aromatic rings. The summed E-state index contributed by atoms with van der Waals surface area (Å²) in [6.07, 6.45) is 0.835. The van der Waals surface area contributed by atoms with Gasteiger partial charge in [-0.3, -0.25) is 9.69 Å². The molecule has 25 heavy (non-hydrogen) atoms. The van der Waals surface area contributed by atoms with Crippen molar-refractivity contribution < 1.29 is 9.53 Å². The molecule has 0 bridgehead atoms. The van der Waals surface area contributed by atoms with Gasteiger partial charge in [-0.2, -0.15) is 0 Å². The predicted octanol–water partition coefficient (Wildman–Crippen LogP) is 4.59. The van der Waals surface area contributed by atoms with Crippen LogP contribution in [0.1, 0.15) is 44.4 Å². The van der Waals surface area contributed by atoms with Gasteiger partial charge in [-0.1, -0.05) is 60.7 Å². The van der Waals surface area contributed by atoms with Crippen molar-refractivity contribution >= 4 is 5.97 Å². The summed E-state index contributed by atoms with van der Waals surface area (Å²) in [6, 6.07) is 20.8. The molecule has 3 rings (SSSR count). The van der Waals surface area contributed by atoms with Crippen LogP contribution < -0.4 is 0 Å². The number of ether oxygens (including phenoxy) is 1. The first-order valence-corrected chi connectivity index (χ1v) is 9.00. The Morgan fingerprint density at radius 2 is 1.64 bits per heavy atom. The average molecular weight is 337 g/mol. The Morgan fingerprint density at radius 1 is 1.04 bits per heavy atom. The lowest BCUT2D eigenvalue weighted by molar-refractivity contribution is -0.161. The molecule has 0 N–H and O–H groups in total. The minimum absolute atomic E-state index is 0.0660. The fraction of sp³-hybridized carbons (Fsp3) is 0.409. The van der Waals surface area contributed by atoms with E-state index in [1.54, 1.807) is 0 Å². The van der Waals surface area contributed by atoms with E-state index in [4.69, 9.17) is 4.74 Å². The van der Waals surface area contributed by atoms with Crippen LogP contribution in [0, 0.1) is 5.92 Å². The maximum absolute atomic E-state index is 12.8. The summed E-state index contributed by atoms with van der Waals surface area (Å²) in [5.74, 6) is -0.206. The molecule has 0 saturated carbocycles. The van der Waals surface area contributed by atoms with Crippen LogP contribution >= 0.6 is 0 Å². The Labute approximate surface area is 150 Å². The van der Waals surface area contributed by atoms with Gasteiger partial charge in [-0.25, -0.2) is 0 Å². The summed E-state index contributed by atoms with van der Waals surface area (Å²) in [5, 5.41) is 0. The van der Waals surface area contributed by atoms with Crippen LogP contribution in [0.4, 0.5) is 0 Å². The van der Waals surface area contributed by atoms with Crippen molar-refractivity contribution in [3.8, 4) is 0 Å². The van der Waals surface area contributed by atoms with Crippen molar-refractivity contribution in [3.05, 3.63) is 71.8 Å². The molecule has 1 fully saturated rings. The van der Waals surface area contributed by atoms with Crippen LogP contribution in [-0.4, -0.2) is 23.0 Å². The Bertz CT molecular complexity index is 691. The predicted molar refractivity (Wildman–Crippen MR) is 100.0 cm³/mol. The maximum Gasteiger partial charge on any atom is 0.311 e. The van der Waals surface area contributed by atoms with Gasteiger partial charge in [-0.15, -0.1) is 0 Å². The number of esters is 1. The number of rotatable bonds is 4. The largest absolute Gasteiger partial charge is 0.460 e. The highest BCUT2D eigenvalue weighted by molar-refractivity contribution is 5.74. The number of hydrogen-bond acceptors (Lipinski definition) is 3. The molecule has 2 atom stereocenters. The fourth-order valence-corrected chi connectivity index (χ4v) is 3.57. The topological polar surface area (TPSA) is 29.5 Å². The number of nitrogens with zero attached hydrogens (tertiary/aromatic N) is 1. The van der Waals surface area contributed by atoms with Crippen molar-refractivity contribution in [1.82, 2.24) is 4.90 Å². The standard InChI is InChI=1S/C22H27NO2/c1-22(2,3)25-21(24)19-14-15-23(16-17-10-6-4-7-11-17)20(19)18-12-8-5-9-13-18/h4-13,19-20H,14-16H2,1-3H3/t19-,20-/m1/s1. The Morgan fingerprint density at radius 3 is 2.24 bits per heavy atom. The van der Waals surface area contributed by atoms with E-state index in [-0.39, 0.29) is 17.9 Å². The van der Waals surface area contributed by atoms with Crippen molar-refractivity contribution in [2.75, 3.05) is 6.54 Å². The van der Waals surface area contributed by atoms with Crippen LogP contribution in [-0.2, 0) is 16.1 Å². The number of carbonyl (C=O) groups is 1. The molecule has 132 valence electrons. The first-order chi connectivity index (χ1) is 11.9. The fourth-order valence-electron chi connectivity index (χ4n) is 3.57. The summed E-state index contributed by atoms with van der Waals surface area (Å²) in [5.41, 5.74) is 2.01. The molecule has 1 aliphatic rings. The second-order valence-corrected chi connectivity index (χ2v) is 7.74. The molecular weight excluding hydrogens is 310 g/mol. The van der Waals surface area contributed by atoms with Gasteiger partial charge in [0, 0.05) is 19.1 Å². The van der Waals surface area contributed by atoms with E-state index < -0.39 is 5.60 Å². The molecule has 0 radical (unpaired) electrons. The zero-order chi connectivity index (χ0) is 17.9. The minimum atomic E-state index is -0.453. The molecule has 0 amide bonds. The summed E-state index contributed by atoms with van der Waals surface area (Å²) in [4.78, 5) is 15.2. The molecule has 3 heteroatoms. The lowest BCUT2D eigenvalue weighted by Crippen LogP contribution is -2.33. The van der Waals surface area contributed by atoms with Gasteiger partial charge in [0.05, 0.1) is 5.92 Å². The van der Waals surface area contributed by atoms with Crippen molar-refractivity contribution in [1.29, 1.82) is 0 Å². The van der Waals surface area contributed by atoms with Crippen LogP contribution in [0.3, 0.4) is 0 Å². The molecule has 3 nitrogen and oxygen atoms in total. The highest BCUT2D eigenvalue weighted by Gasteiger charge is 2.41. The Balaban J connectivity index is 1.85. The highest BCUT2D eigenvalue weighted by Crippen LogP contribution is 2.39. The first kappa shape index (κ1) is 17.7. The first-order valence-electron chi connectivity index (χ1n) is 9.00. The molecule has 2 aromatic carbocycles. The average Bonchev–Trinajstić information content (AvgIpc) is 2.99. The number of carbonyl (C=O) groups excluding carboxylic acids is 1. The quantitative estimate of drug-likeness (QED) is 0.764. The Hall–Kier alpha value is -2.13. The molecule has 1 aliphatic heterocycles. The van der Waals surface area contributed by atoms with Crippen molar-refractivity contribution in [2.45, 2.75) is 45.4 Å². The van der Waals surface area contributed by atoms with Crippen molar-refractivity contribution in [2.24, 2.45) is 5.92 Å². The van der Waals surface area contributed by atoms with Crippen LogP contribution in [0.5, 0.6) is 0 Å². The zero-order valence-corrected chi connectivity index (χ0v) is 15.3. The highest BCUT2D eigenvalue weighted by atomic mass is 16.6. The van der Waals surface area contributed by atoms with Gasteiger partial charge in [0.2, 0.25) is 0 Å². The van der Waals surface area contributed by atoms with Gasteiger partial charge >= 0.3 is 5.97 Å². The molecule has 1 heterocycles. The van der Waals surface area contributed by atoms with Crippen LogP contribution in [0.25, 0.3) is 0 Å². The molecule has 0 aromatic heterocycles. The summed E-state index contributed by atoms with van der Waals surface area (Å²) < 4.78 is 5.71. The monoisotopic (exact) mass is 337 g/mol. The Kier molecular flexibility index (Phi) is 5.24. The summed E-state index contributed by atoms with van der Waals surface area (Å²) >= 11 is 0. The maximum atomic E-state index is 12.8. The van der Waals surface area contributed by atoms with Gasteiger partial charge < -0.3 is 4.74 Å².